The van der Waals surface area contributed by atoms with Gasteiger partial charge in [-0.05, 0) is 0 Å². The minimum Gasteiger partial charge on any atom is -0.469 e. The van der Waals surface area contributed by atoms with Gasteiger partial charge in [-0.2, -0.15) is 11.8 Å². The number of ether oxygens (including phenoxy) is 1. The van der Waals surface area contributed by atoms with Crippen molar-refractivity contribution in [1.29, 1.82) is 0 Å². The number of amides is 1. The van der Waals surface area contributed by atoms with Crippen molar-refractivity contribution in [2.45, 2.75) is 12.8 Å². The van der Waals surface area contributed by atoms with Crippen molar-refractivity contribution in [2.75, 3.05) is 32.2 Å². The van der Waals surface area contributed by atoms with Crippen molar-refractivity contribution >= 4 is 29.4 Å². The Morgan fingerprint density at radius 2 is 2.28 bits per heavy atom. The largest absolute Gasteiger partial charge is 0.469 e. The number of hydrogen-bond acceptors (Lipinski definition) is 5. The van der Waals surface area contributed by atoms with Crippen LogP contribution < -0.4 is 0 Å². The summed E-state index contributed by atoms with van der Waals surface area (Å²) in [6, 6.07) is 0. The second kappa shape index (κ2) is 4.91. The molecule has 1 amide bonds. The van der Waals surface area contributed by atoms with E-state index < -0.39 is 5.41 Å². The van der Waals surface area contributed by atoms with Crippen LogP contribution in [0.5, 0.6) is 0 Å². The van der Waals surface area contributed by atoms with Crippen LogP contribution >= 0.6 is 11.8 Å². The minimum atomic E-state index is -0.980. The number of likely N-dealkylation sites (tertiary alicyclic amines) is 1. The zero-order valence-electron chi connectivity index (χ0n) is 10.6. The van der Waals surface area contributed by atoms with Crippen LogP contribution in [0.15, 0.2) is 0 Å². The highest BCUT2D eigenvalue weighted by molar-refractivity contribution is 7.99. The van der Waals surface area contributed by atoms with Gasteiger partial charge in [0, 0.05) is 37.4 Å². The number of carbonyl (C=O) groups is 3. The highest BCUT2D eigenvalue weighted by Gasteiger charge is 2.58. The van der Waals surface area contributed by atoms with Crippen LogP contribution in [-0.4, -0.2) is 54.8 Å². The van der Waals surface area contributed by atoms with E-state index in [4.69, 9.17) is 0 Å². The van der Waals surface area contributed by atoms with Gasteiger partial charge >= 0.3 is 5.97 Å². The molecule has 2 fully saturated rings. The maximum absolute atomic E-state index is 12.3. The topological polar surface area (TPSA) is 63.7 Å². The lowest BCUT2D eigenvalue weighted by atomic mass is 9.73. The molecule has 18 heavy (non-hydrogen) atoms. The van der Waals surface area contributed by atoms with Crippen molar-refractivity contribution in [3.63, 3.8) is 0 Å². The summed E-state index contributed by atoms with van der Waals surface area (Å²) in [6.45, 7) is 0.459. The molecule has 2 aliphatic rings. The van der Waals surface area contributed by atoms with Crippen molar-refractivity contribution in [2.24, 2.45) is 11.3 Å². The Balaban J connectivity index is 2.29. The molecule has 2 aliphatic heterocycles. The smallest absolute Gasteiger partial charge is 0.305 e. The Morgan fingerprint density at radius 3 is 2.89 bits per heavy atom. The number of methoxy groups -OCH3 is 1. The summed E-state index contributed by atoms with van der Waals surface area (Å²) in [4.78, 5) is 37.6. The molecule has 2 saturated heterocycles. The third-order valence-electron chi connectivity index (χ3n) is 3.86. The van der Waals surface area contributed by atoms with E-state index in [9.17, 15) is 14.4 Å². The molecule has 2 rings (SSSR count). The first kappa shape index (κ1) is 13.4. The SMILES string of the molecule is COC(=O)CC1CN(C)C(=O)[C@@]12CSCCC2=O. The van der Waals surface area contributed by atoms with Crippen LogP contribution in [0.3, 0.4) is 0 Å². The molecular formula is C12H17NO4S. The van der Waals surface area contributed by atoms with Gasteiger partial charge in [0.25, 0.3) is 0 Å². The summed E-state index contributed by atoms with van der Waals surface area (Å²) in [5.74, 6) is 0.519. The molecule has 0 N–H and O–H groups in total. The van der Waals surface area contributed by atoms with E-state index in [0.717, 1.165) is 5.75 Å². The Hall–Kier alpha value is -1.04. The number of ketones is 1. The first-order valence-corrected chi connectivity index (χ1v) is 7.11. The van der Waals surface area contributed by atoms with Crippen LogP contribution in [0.4, 0.5) is 0 Å². The second-order valence-electron chi connectivity index (χ2n) is 4.86. The van der Waals surface area contributed by atoms with Crippen LogP contribution in [0.2, 0.25) is 0 Å². The molecule has 1 spiro atoms. The molecule has 0 aromatic rings. The maximum atomic E-state index is 12.3. The lowest BCUT2D eigenvalue weighted by molar-refractivity contribution is -0.146. The molecule has 0 aromatic carbocycles. The van der Waals surface area contributed by atoms with Gasteiger partial charge in [0.05, 0.1) is 13.5 Å². The highest BCUT2D eigenvalue weighted by atomic mass is 32.2. The molecule has 2 atom stereocenters. The number of esters is 1. The molecule has 2 heterocycles. The summed E-state index contributed by atoms with van der Waals surface area (Å²) in [7, 11) is 3.01. The molecule has 0 aromatic heterocycles. The molecule has 1 unspecified atom stereocenters. The number of carbonyl (C=O) groups excluding carboxylic acids is 3. The van der Waals surface area contributed by atoms with Gasteiger partial charge in [-0.1, -0.05) is 0 Å². The standard InChI is InChI=1S/C12H17NO4S/c1-13-6-8(5-10(15)17-2)12(11(13)16)7-18-4-3-9(12)14/h8H,3-7H2,1-2H3/t8?,12-/m0/s1. The van der Waals surface area contributed by atoms with E-state index in [1.54, 1.807) is 23.7 Å². The zero-order chi connectivity index (χ0) is 13.3. The quantitative estimate of drug-likeness (QED) is 0.535. The van der Waals surface area contributed by atoms with Gasteiger partial charge in [-0.15, -0.1) is 0 Å². The van der Waals surface area contributed by atoms with Crippen molar-refractivity contribution < 1.29 is 19.1 Å². The van der Waals surface area contributed by atoms with Crippen LogP contribution in [-0.2, 0) is 19.1 Å². The fourth-order valence-corrected chi connectivity index (χ4v) is 4.15. The normalized spacial score (nSPS) is 32.1. The third-order valence-corrected chi connectivity index (χ3v) is 5.01. The second-order valence-corrected chi connectivity index (χ2v) is 5.97. The van der Waals surface area contributed by atoms with E-state index in [1.807, 2.05) is 0 Å². The summed E-state index contributed by atoms with van der Waals surface area (Å²) >= 11 is 1.62. The Kier molecular flexibility index (Phi) is 3.66. The van der Waals surface area contributed by atoms with Crippen LogP contribution in [0, 0.1) is 11.3 Å². The molecule has 0 saturated carbocycles. The van der Waals surface area contributed by atoms with E-state index in [0.29, 0.717) is 18.7 Å². The first-order valence-electron chi connectivity index (χ1n) is 5.95. The van der Waals surface area contributed by atoms with Crippen LogP contribution in [0.1, 0.15) is 12.8 Å². The average Bonchev–Trinajstić information content (AvgIpc) is 2.58. The summed E-state index contributed by atoms with van der Waals surface area (Å²) in [5.41, 5.74) is -0.980. The predicted molar refractivity (Wildman–Crippen MR) is 67.1 cm³/mol. The molecule has 100 valence electrons. The molecule has 0 bridgehead atoms. The monoisotopic (exact) mass is 271 g/mol. The number of nitrogens with zero attached hydrogens (tertiary/aromatic N) is 1. The Bertz CT molecular complexity index is 398. The molecule has 0 aliphatic carbocycles. The lowest BCUT2D eigenvalue weighted by Crippen LogP contribution is -2.48. The maximum Gasteiger partial charge on any atom is 0.305 e. The van der Waals surface area contributed by atoms with Gasteiger partial charge in [-0.3, -0.25) is 14.4 Å². The number of Topliss-reactive ketones (excluding diaryl/α,β-unsaturated/α-hetero) is 1. The van der Waals surface area contributed by atoms with Gasteiger partial charge in [-0.25, -0.2) is 0 Å². The van der Waals surface area contributed by atoms with E-state index >= 15 is 0 Å². The molecular weight excluding hydrogens is 254 g/mol. The summed E-state index contributed by atoms with van der Waals surface area (Å²) in [5, 5.41) is 0. The van der Waals surface area contributed by atoms with Crippen LogP contribution in [0.25, 0.3) is 0 Å². The number of rotatable bonds is 2. The van der Waals surface area contributed by atoms with Crippen molar-refractivity contribution in [3.05, 3.63) is 0 Å². The first-order chi connectivity index (χ1) is 8.52. The number of thioether (sulfide) groups is 1. The molecule has 5 nitrogen and oxygen atoms in total. The lowest BCUT2D eigenvalue weighted by Gasteiger charge is -2.33. The van der Waals surface area contributed by atoms with E-state index in [1.165, 1.54) is 7.11 Å². The predicted octanol–water partition coefficient (Wildman–Crippen LogP) is 0.330. The third kappa shape index (κ3) is 1.92. The summed E-state index contributed by atoms with van der Waals surface area (Å²) in [6.07, 6.45) is 0.556. The van der Waals surface area contributed by atoms with E-state index in [-0.39, 0.29) is 30.0 Å². The highest BCUT2D eigenvalue weighted by Crippen LogP contribution is 2.45. The molecule has 6 heteroatoms. The average molecular weight is 271 g/mol. The fraction of sp³-hybridized carbons (Fsp3) is 0.750. The van der Waals surface area contributed by atoms with Gasteiger partial charge in [0.2, 0.25) is 5.91 Å². The zero-order valence-corrected chi connectivity index (χ0v) is 11.4. The fourth-order valence-electron chi connectivity index (χ4n) is 2.84. The Labute approximate surface area is 110 Å². The Morgan fingerprint density at radius 1 is 1.56 bits per heavy atom. The van der Waals surface area contributed by atoms with Gasteiger partial charge < -0.3 is 9.64 Å². The summed E-state index contributed by atoms with van der Waals surface area (Å²) < 4.78 is 4.66. The van der Waals surface area contributed by atoms with Crippen molar-refractivity contribution in [3.8, 4) is 0 Å². The van der Waals surface area contributed by atoms with Gasteiger partial charge in [0.1, 0.15) is 11.2 Å². The number of hydrogen-bond donors (Lipinski definition) is 0. The van der Waals surface area contributed by atoms with Gasteiger partial charge in [0.15, 0.2) is 0 Å². The molecule has 0 radical (unpaired) electrons. The minimum absolute atomic E-state index is 0.00972. The van der Waals surface area contributed by atoms with E-state index in [2.05, 4.69) is 4.74 Å². The van der Waals surface area contributed by atoms with Crippen molar-refractivity contribution in [1.82, 2.24) is 4.90 Å².